The molecule has 0 aliphatic rings. The summed E-state index contributed by atoms with van der Waals surface area (Å²) in [5.74, 6) is 0.102. The van der Waals surface area contributed by atoms with Gasteiger partial charge < -0.3 is 4.90 Å². The van der Waals surface area contributed by atoms with Crippen molar-refractivity contribution in [3.63, 3.8) is 0 Å². The lowest BCUT2D eigenvalue weighted by molar-refractivity contribution is -0.127. The lowest BCUT2D eigenvalue weighted by Gasteiger charge is -2.10. The zero-order valence-corrected chi connectivity index (χ0v) is 6.90. The zero-order chi connectivity index (χ0) is 6.73. The van der Waals surface area contributed by atoms with E-state index < -0.39 is 0 Å². The van der Waals surface area contributed by atoms with Crippen LogP contribution in [0.5, 0.6) is 0 Å². The fourth-order valence-corrected chi connectivity index (χ4v) is 0.765. The fourth-order valence-electron chi connectivity index (χ4n) is 0.356. The first kappa shape index (κ1) is 7.95. The molecule has 0 aliphatic heterocycles. The van der Waals surface area contributed by atoms with Crippen LogP contribution in [0.2, 0.25) is 0 Å². The van der Waals surface area contributed by atoms with Crippen molar-refractivity contribution in [1.29, 1.82) is 0 Å². The van der Waals surface area contributed by atoms with E-state index in [0.29, 0.717) is 0 Å². The first-order valence-electron chi connectivity index (χ1n) is 2.41. The summed E-state index contributed by atoms with van der Waals surface area (Å²) < 4.78 is 0. The van der Waals surface area contributed by atoms with Crippen LogP contribution >= 0.6 is 15.9 Å². The van der Waals surface area contributed by atoms with E-state index >= 15 is 0 Å². The maximum atomic E-state index is 10.7. The van der Waals surface area contributed by atoms with Crippen molar-refractivity contribution in [2.75, 3.05) is 14.1 Å². The minimum Gasteiger partial charge on any atom is -0.348 e. The molecule has 0 aromatic carbocycles. The Morgan fingerprint density at radius 1 is 1.62 bits per heavy atom. The third-order valence-electron chi connectivity index (χ3n) is 0.781. The molecule has 0 aromatic heterocycles. The molecular weight excluding hydrogens is 170 g/mol. The molecule has 0 saturated heterocycles. The standard InChI is InChI=1S/C5H10BrNO/c1-4(6)5(8)7(2)3/h4H,1-3H3. The van der Waals surface area contributed by atoms with Crippen molar-refractivity contribution in [2.45, 2.75) is 11.8 Å². The molecule has 0 heterocycles. The number of carbonyl (C=O) groups excluding carboxylic acids is 1. The Bertz CT molecular complexity index is 80.4. The van der Waals surface area contributed by atoms with E-state index in [1.54, 1.807) is 19.0 Å². The monoisotopic (exact) mass is 179 g/mol. The first-order valence-corrected chi connectivity index (χ1v) is 3.32. The summed E-state index contributed by atoms with van der Waals surface area (Å²) in [6.45, 7) is 1.81. The van der Waals surface area contributed by atoms with Gasteiger partial charge in [-0.05, 0) is 6.92 Å². The van der Waals surface area contributed by atoms with Gasteiger partial charge in [-0.15, -0.1) is 0 Å². The van der Waals surface area contributed by atoms with Gasteiger partial charge in [-0.25, -0.2) is 0 Å². The van der Waals surface area contributed by atoms with E-state index in [4.69, 9.17) is 0 Å². The van der Waals surface area contributed by atoms with E-state index in [0.717, 1.165) is 0 Å². The van der Waals surface area contributed by atoms with E-state index in [-0.39, 0.29) is 10.7 Å². The van der Waals surface area contributed by atoms with E-state index in [1.807, 2.05) is 6.92 Å². The highest BCUT2D eigenvalue weighted by molar-refractivity contribution is 9.10. The van der Waals surface area contributed by atoms with Gasteiger partial charge in [0, 0.05) is 14.1 Å². The predicted molar refractivity (Wildman–Crippen MR) is 37.1 cm³/mol. The molecule has 0 N–H and O–H groups in total. The Hall–Kier alpha value is -0.0500. The number of hydrogen-bond donors (Lipinski definition) is 0. The lowest BCUT2D eigenvalue weighted by atomic mass is 10.4. The molecule has 48 valence electrons. The quantitative estimate of drug-likeness (QED) is 0.548. The summed E-state index contributed by atoms with van der Waals surface area (Å²) in [6.07, 6.45) is 0. The number of amides is 1. The summed E-state index contributed by atoms with van der Waals surface area (Å²) in [6, 6.07) is 0. The minimum atomic E-state index is -0.0579. The van der Waals surface area contributed by atoms with Gasteiger partial charge in [-0.2, -0.15) is 0 Å². The van der Waals surface area contributed by atoms with Crippen molar-refractivity contribution in [2.24, 2.45) is 0 Å². The van der Waals surface area contributed by atoms with Crippen LogP contribution in [0.1, 0.15) is 6.92 Å². The van der Waals surface area contributed by atoms with Gasteiger partial charge in [0.05, 0.1) is 4.83 Å². The van der Waals surface area contributed by atoms with E-state index in [2.05, 4.69) is 15.9 Å². The molecule has 1 unspecified atom stereocenters. The second-order valence-electron chi connectivity index (χ2n) is 1.85. The summed E-state index contributed by atoms with van der Waals surface area (Å²) in [5.41, 5.74) is 0. The van der Waals surface area contributed by atoms with Gasteiger partial charge in [0.1, 0.15) is 0 Å². The number of hydrogen-bond acceptors (Lipinski definition) is 1. The van der Waals surface area contributed by atoms with Crippen LogP contribution in [0.4, 0.5) is 0 Å². The predicted octanol–water partition coefficient (Wildman–Crippen LogP) is 0.858. The Labute approximate surface area is 58.0 Å². The second kappa shape index (κ2) is 3.07. The Morgan fingerprint density at radius 3 is 2.00 bits per heavy atom. The molecule has 0 bridgehead atoms. The van der Waals surface area contributed by atoms with E-state index in [9.17, 15) is 4.79 Å². The van der Waals surface area contributed by atoms with Crippen LogP contribution < -0.4 is 0 Å². The molecule has 0 radical (unpaired) electrons. The molecule has 3 heteroatoms. The largest absolute Gasteiger partial charge is 0.348 e. The van der Waals surface area contributed by atoms with Crippen molar-refractivity contribution < 1.29 is 4.79 Å². The summed E-state index contributed by atoms with van der Waals surface area (Å²) >= 11 is 3.15. The summed E-state index contributed by atoms with van der Waals surface area (Å²) in [4.78, 5) is 12.2. The second-order valence-corrected chi connectivity index (χ2v) is 3.22. The van der Waals surface area contributed by atoms with Crippen molar-refractivity contribution >= 4 is 21.8 Å². The summed E-state index contributed by atoms with van der Waals surface area (Å²) in [7, 11) is 3.47. The highest BCUT2D eigenvalue weighted by Crippen LogP contribution is 1.99. The average Bonchev–Trinajstić information content (AvgIpc) is 1.64. The lowest BCUT2D eigenvalue weighted by Crippen LogP contribution is -2.27. The fraction of sp³-hybridized carbons (Fsp3) is 0.800. The van der Waals surface area contributed by atoms with Gasteiger partial charge in [-0.3, -0.25) is 4.79 Å². The topological polar surface area (TPSA) is 20.3 Å². The van der Waals surface area contributed by atoms with Crippen molar-refractivity contribution in [3.8, 4) is 0 Å². The van der Waals surface area contributed by atoms with Crippen LogP contribution in [0.15, 0.2) is 0 Å². The van der Waals surface area contributed by atoms with Gasteiger partial charge >= 0.3 is 0 Å². The third kappa shape index (κ3) is 2.31. The smallest absolute Gasteiger partial charge is 0.235 e. The maximum Gasteiger partial charge on any atom is 0.235 e. The zero-order valence-electron chi connectivity index (χ0n) is 5.31. The van der Waals surface area contributed by atoms with Crippen LogP contribution in [-0.2, 0) is 4.79 Å². The molecule has 2 nitrogen and oxygen atoms in total. The molecule has 8 heavy (non-hydrogen) atoms. The molecule has 0 rings (SSSR count). The molecule has 0 saturated carbocycles. The third-order valence-corrected chi connectivity index (χ3v) is 1.17. The molecule has 0 fully saturated rings. The summed E-state index contributed by atoms with van der Waals surface area (Å²) in [5, 5.41) is 0. The Morgan fingerprint density at radius 2 is 2.00 bits per heavy atom. The number of carbonyl (C=O) groups is 1. The number of halogens is 1. The van der Waals surface area contributed by atoms with Crippen LogP contribution in [-0.4, -0.2) is 29.7 Å². The minimum absolute atomic E-state index is 0.0579. The molecule has 0 aromatic rings. The highest BCUT2D eigenvalue weighted by Gasteiger charge is 2.08. The van der Waals surface area contributed by atoms with Gasteiger partial charge in [-0.1, -0.05) is 15.9 Å². The average molecular weight is 180 g/mol. The normalized spacial score (nSPS) is 13.0. The van der Waals surface area contributed by atoms with Gasteiger partial charge in [0.2, 0.25) is 5.91 Å². The molecule has 1 amide bonds. The molecule has 0 aliphatic carbocycles. The van der Waals surface area contributed by atoms with Crippen LogP contribution in [0, 0.1) is 0 Å². The Balaban J connectivity index is 3.65. The van der Waals surface area contributed by atoms with E-state index in [1.165, 1.54) is 0 Å². The van der Waals surface area contributed by atoms with Gasteiger partial charge in [0.25, 0.3) is 0 Å². The first-order chi connectivity index (χ1) is 3.55. The maximum absolute atomic E-state index is 10.7. The van der Waals surface area contributed by atoms with Crippen LogP contribution in [0.3, 0.4) is 0 Å². The van der Waals surface area contributed by atoms with Crippen molar-refractivity contribution in [1.82, 2.24) is 4.90 Å². The number of rotatable bonds is 1. The van der Waals surface area contributed by atoms with Gasteiger partial charge in [0.15, 0.2) is 0 Å². The highest BCUT2D eigenvalue weighted by atomic mass is 79.9. The SMILES string of the molecule is CC(Br)C(=O)N(C)C. The Kier molecular flexibility index (Phi) is 3.05. The number of alkyl halides is 1. The van der Waals surface area contributed by atoms with Crippen LogP contribution in [0.25, 0.3) is 0 Å². The number of nitrogens with zero attached hydrogens (tertiary/aromatic N) is 1. The molecule has 0 spiro atoms. The molecular formula is C5H10BrNO. The molecule has 1 atom stereocenters. The van der Waals surface area contributed by atoms with Crippen molar-refractivity contribution in [3.05, 3.63) is 0 Å².